The quantitative estimate of drug-likeness (QED) is 0.0205. The molecular weight excluding hydrogens is 976 g/mol. The van der Waals surface area contributed by atoms with E-state index in [-0.39, 0.29) is 31.5 Å². The van der Waals surface area contributed by atoms with Gasteiger partial charge in [0, 0.05) is 12.8 Å². The molecule has 0 aromatic heterocycles. The van der Waals surface area contributed by atoms with Crippen LogP contribution in [0.3, 0.4) is 0 Å². The molecule has 0 radical (unpaired) electrons. The summed E-state index contributed by atoms with van der Waals surface area (Å²) in [5.41, 5.74) is 0. The van der Waals surface area contributed by atoms with Gasteiger partial charge in [0.1, 0.15) is 19.3 Å². The molecule has 0 rings (SSSR count). The van der Waals surface area contributed by atoms with Crippen LogP contribution in [0.1, 0.15) is 278 Å². The van der Waals surface area contributed by atoms with E-state index in [9.17, 15) is 19.0 Å². The second-order valence-corrected chi connectivity index (χ2v) is 24.0. The lowest BCUT2D eigenvalue weighted by atomic mass is 10.0. The molecule has 3 unspecified atom stereocenters. The van der Waals surface area contributed by atoms with Crippen molar-refractivity contribution in [1.82, 2.24) is 5.32 Å². The third-order valence-electron chi connectivity index (χ3n) is 13.8. The lowest BCUT2D eigenvalue weighted by molar-refractivity contribution is -0.870. The molecule has 0 aliphatic heterocycles. The average molecular weight is 1100 g/mol. The van der Waals surface area contributed by atoms with Crippen LogP contribution in [-0.4, -0.2) is 74.3 Å². The number of allylic oxidation sites excluding steroid dienone is 13. The van der Waals surface area contributed by atoms with Crippen LogP contribution in [0.4, 0.5) is 0 Å². The highest BCUT2D eigenvalue weighted by molar-refractivity contribution is 7.47. The zero-order valence-electron chi connectivity index (χ0n) is 50.9. The van der Waals surface area contributed by atoms with Crippen molar-refractivity contribution in [3.63, 3.8) is 0 Å². The molecule has 3 atom stereocenters. The Morgan fingerprint density at radius 3 is 1.21 bits per heavy atom. The van der Waals surface area contributed by atoms with E-state index in [0.717, 1.165) is 109 Å². The zero-order valence-corrected chi connectivity index (χ0v) is 51.8. The number of hydrogen-bond acceptors (Lipinski definition) is 6. The summed E-state index contributed by atoms with van der Waals surface area (Å²) in [6.45, 7) is 6.94. The van der Waals surface area contributed by atoms with Gasteiger partial charge in [0.05, 0.1) is 33.8 Å². The van der Waals surface area contributed by atoms with Crippen molar-refractivity contribution in [2.75, 3.05) is 40.9 Å². The van der Waals surface area contributed by atoms with Crippen molar-refractivity contribution in [1.29, 1.82) is 0 Å². The Morgan fingerprint density at radius 1 is 0.455 bits per heavy atom. The number of ether oxygens (including phenoxy) is 1. The van der Waals surface area contributed by atoms with E-state index in [1.54, 1.807) is 0 Å². The number of esters is 1. The molecule has 0 bridgehead atoms. The van der Waals surface area contributed by atoms with E-state index in [1.807, 2.05) is 33.3 Å². The van der Waals surface area contributed by atoms with Crippen molar-refractivity contribution < 1.29 is 37.3 Å². The number of amides is 1. The number of carbonyl (C=O) groups excluding carboxylic acids is 2. The molecule has 10 heteroatoms. The maximum absolute atomic E-state index is 13.6. The number of phosphoric ester groups is 1. The molecule has 0 aliphatic rings. The van der Waals surface area contributed by atoms with Gasteiger partial charge in [-0.3, -0.25) is 18.6 Å². The van der Waals surface area contributed by atoms with Gasteiger partial charge < -0.3 is 19.4 Å². The third-order valence-corrected chi connectivity index (χ3v) is 14.8. The number of quaternary nitrogens is 1. The van der Waals surface area contributed by atoms with E-state index in [0.29, 0.717) is 17.4 Å². The van der Waals surface area contributed by atoms with Gasteiger partial charge in [0.25, 0.3) is 0 Å². The number of nitrogens with one attached hydrogen (secondary N) is 1. The smallest absolute Gasteiger partial charge is 0.456 e. The molecule has 0 aliphatic carbocycles. The highest BCUT2D eigenvalue weighted by atomic mass is 31.2. The Hall–Kier alpha value is -2.81. The lowest BCUT2D eigenvalue weighted by Gasteiger charge is -2.27. The maximum Gasteiger partial charge on any atom is 0.472 e. The first-order valence-corrected chi connectivity index (χ1v) is 33.4. The Kier molecular flexibility index (Phi) is 54.4. The molecule has 9 nitrogen and oxygen atoms in total. The van der Waals surface area contributed by atoms with Crippen molar-refractivity contribution in [2.45, 2.75) is 290 Å². The number of unbranched alkanes of at least 4 members (excludes halogenated alkanes) is 29. The minimum absolute atomic E-state index is 0.0330. The Bertz CT molecular complexity index is 1590. The number of hydrogen-bond donors (Lipinski definition) is 2. The fraction of sp³-hybridized carbons (Fsp3) is 0.761. The van der Waals surface area contributed by atoms with Gasteiger partial charge >= 0.3 is 13.8 Å². The summed E-state index contributed by atoms with van der Waals surface area (Å²) in [5.74, 6) is -0.528. The summed E-state index contributed by atoms with van der Waals surface area (Å²) >= 11 is 0. The summed E-state index contributed by atoms with van der Waals surface area (Å²) in [6.07, 6.45) is 74.3. The molecule has 446 valence electrons. The molecule has 0 saturated carbocycles. The third kappa shape index (κ3) is 57.7. The molecule has 0 spiro atoms. The summed E-state index contributed by atoms with van der Waals surface area (Å²) in [6, 6.07) is -0.862. The van der Waals surface area contributed by atoms with Crippen LogP contribution in [0.5, 0.6) is 0 Å². The molecule has 2 N–H and O–H groups in total. The van der Waals surface area contributed by atoms with Crippen LogP contribution in [0.2, 0.25) is 0 Å². The first-order chi connectivity index (χ1) is 37.4. The highest BCUT2D eigenvalue weighted by Crippen LogP contribution is 2.43. The van der Waals surface area contributed by atoms with Gasteiger partial charge in [-0.1, -0.05) is 241 Å². The zero-order chi connectivity index (χ0) is 56.4. The van der Waals surface area contributed by atoms with Gasteiger partial charge in [-0.25, -0.2) is 4.57 Å². The fourth-order valence-corrected chi connectivity index (χ4v) is 9.57. The van der Waals surface area contributed by atoms with E-state index in [1.165, 1.54) is 135 Å². The van der Waals surface area contributed by atoms with Crippen molar-refractivity contribution in [3.8, 4) is 0 Å². The molecule has 0 saturated heterocycles. The number of likely N-dealkylation sites (N-methyl/N-ethyl adjacent to an activating group) is 1. The molecule has 0 fully saturated rings. The van der Waals surface area contributed by atoms with Crippen molar-refractivity contribution in [3.05, 3.63) is 85.1 Å². The highest BCUT2D eigenvalue weighted by Gasteiger charge is 2.30. The Balaban J connectivity index is 5.23. The summed E-state index contributed by atoms with van der Waals surface area (Å²) in [7, 11) is 1.48. The second-order valence-electron chi connectivity index (χ2n) is 22.6. The molecular formula is C67H122N2O7P+. The number of phosphoric acid groups is 1. The van der Waals surface area contributed by atoms with Gasteiger partial charge in [0.2, 0.25) is 5.91 Å². The summed E-state index contributed by atoms with van der Waals surface area (Å²) < 4.78 is 30.7. The van der Waals surface area contributed by atoms with Crippen molar-refractivity contribution >= 4 is 19.7 Å². The Labute approximate surface area is 476 Å². The van der Waals surface area contributed by atoms with Crippen molar-refractivity contribution in [2.24, 2.45) is 0 Å². The summed E-state index contributed by atoms with van der Waals surface area (Å²) in [4.78, 5) is 37.7. The standard InChI is InChI=1S/C67H121N2O7P/c1-7-10-13-16-19-22-25-27-29-31-33-34-36-37-39-41-44-47-50-53-56-59-66(70)68-64(63-75-77(72,73)74-62-61-69(4,5)6)65(58-55-52-49-46-43-24-21-18-15-12-9-3)76-67(71)60-57-54-51-48-45-42-40-38-35-32-30-28-26-23-20-17-14-11-8-2/h19-20,22-23,27-30,33-35,38,55,58,64-65H,7-18,21,24-26,31-32,36-37,39-54,56-57,59-63H2,1-6H3,(H-,68,70,72,73)/p+1/b22-19-,23-20-,29-27-,30-28-,34-33-,38-35-,58-55+. The Morgan fingerprint density at radius 2 is 0.792 bits per heavy atom. The van der Waals surface area contributed by atoms with E-state index < -0.39 is 20.0 Å². The van der Waals surface area contributed by atoms with Gasteiger partial charge in [-0.2, -0.15) is 0 Å². The van der Waals surface area contributed by atoms with E-state index >= 15 is 0 Å². The second kappa shape index (κ2) is 56.5. The molecule has 77 heavy (non-hydrogen) atoms. The fourth-order valence-electron chi connectivity index (χ4n) is 8.84. The maximum atomic E-state index is 13.6. The first kappa shape index (κ1) is 74.2. The van der Waals surface area contributed by atoms with E-state index in [2.05, 4.69) is 99.0 Å². The van der Waals surface area contributed by atoms with Gasteiger partial charge in [0.15, 0.2) is 0 Å². The van der Waals surface area contributed by atoms with Crippen LogP contribution in [-0.2, 0) is 27.9 Å². The minimum atomic E-state index is -4.46. The van der Waals surface area contributed by atoms with Crippen LogP contribution in [0.25, 0.3) is 0 Å². The largest absolute Gasteiger partial charge is 0.472 e. The molecule has 0 heterocycles. The normalized spacial score (nSPS) is 14.2. The van der Waals surface area contributed by atoms with Crippen LogP contribution < -0.4 is 5.32 Å². The number of nitrogens with zero attached hydrogens (tertiary/aromatic N) is 1. The predicted octanol–water partition coefficient (Wildman–Crippen LogP) is 19.8. The molecule has 0 aromatic rings. The topological polar surface area (TPSA) is 111 Å². The van der Waals surface area contributed by atoms with E-state index in [4.69, 9.17) is 13.8 Å². The monoisotopic (exact) mass is 1100 g/mol. The average Bonchev–Trinajstić information content (AvgIpc) is 3.39. The predicted molar refractivity (Wildman–Crippen MR) is 332 cm³/mol. The van der Waals surface area contributed by atoms with Crippen LogP contribution in [0.15, 0.2) is 85.1 Å². The van der Waals surface area contributed by atoms with Crippen LogP contribution >= 0.6 is 7.82 Å². The number of carbonyl (C=O) groups is 2. The first-order valence-electron chi connectivity index (χ1n) is 31.9. The summed E-state index contributed by atoms with van der Waals surface area (Å²) in [5, 5.41) is 3.05. The lowest BCUT2D eigenvalue weighted by Crippen LogP contribution is -2.47. The molecule has 1 amide bonds. The number of rotatable bonds is 57. The van der Waals surface area contributed by atoms with Gasteiger partial charge in [-0.15, -0.1) is 0 Å². The molecule has 0 aromatic carbocycles. The minimum Gasteiger partial charge on any atom is -0.456 e. The van der Waals surface area contributed by atoms with Crippen LogP contribution in [0, 0.1) is 0 Å². The SMILES string of the molecule is CCCCC/C=C\C/C=C\C/C=C\CCCCCCCCCCC(=O)NC(COP(=O)(O)OCC[N+](C)(C)C)C(/C=C/CCCCCCCCCCC)OC(=O)CCCCCCCC/C=C\C/C=C\C/C=C\CCCCC. The van der Waals surface area contributed by atoms with Gasteiger partial charge in [-0.05, 0) is 109 Å².